The van der Waals surface area contributed by atoms with Gasteiger partial charge in [0.05, 0.1) is 18.1 Å². The van der Waals surface area contributed by atoms with Gasteiger partial charge in [-0.2, -0.15) is 13.2 Å². The monoisotopic (exact) mass is 412 g/mol. The van der Waals surface area contributed by atoms with Crippen LogP contribution in [0.1, 0.15) is 40.3 Å². The summed E-state index contributed by atoms with van der Waals surface area (Å²) < 4.78 is 46.8. The minimum Gasteiger partial charge on any atom is -0.467 e. The van der Waals surface area contributed by atoms with E-state index in [4.69, 9.17) is 4.42 Å². The standard InChI is InChI=1S/C18H19F3N4O2S/c1-10-8-14(11(2)25(10)9-13-6-5-7-27-13)15(26)12(3)28-17-23-22-16(24(17)4)18(19,20)21/h5-8,12H,9H2,1-4H3/t12-/m1/s1. The predicted molar refractivity (Wildman–Crippen MR) is 97.4 cm³/mol. The Bertz CT molecular complexity index is 990. The highest BCUT2D eigenvalue weighted by molar-refractivity contribution is 8.00. The normalized spacial score (nSPS) is 13.1. The highest BCUT2D eigenvalue weighted by Crippen LogP contribution is 2.32. The molecule has 0 spiro atoms. The number of Topliss-reactive ketones (excluding diaryl/α,β-unsaturated/α-hetero) is 1. The average Bonchev–Trinajstić information content (AvgIpc) is 3.31. The van der Waals surface area contributed by atoms with Crippen molar-refractivity contribution in [3.05, 3.63) is 53.0 Å². The number of carbonyl (C=O) groups is 1. The Labute approximate surface area is 163 Å². The van der Waals surface area contributed by atoms with Crippen molar-refractivity contribution in [2.75, 3.05) is 0 Å². The van der Waals surface area contributed by atoms with Gasteiger partial charge in [-0.25, -0.2) is 0 Å². The summed E-state index contributed by atoms with van der Waals surface area (Å²) in [5.41, 5.74) is 2.20. The molecule has 0 aliphatic rings. The first-order chi connectivity index (χ1) is 13.1. The lowest BCUT2D eigenvalue weighted by atomic mass is 10.1. The fraction of sp³-hybridized carbons (Fsp3) is 0.389. The minimum absolute atomic E-state index is 0.0394. The third-order valence-electron chi connectivity index (χ3n) is 4.47. The van der Waals surface area contributed by atoms with Gasteiger partial charge in [0, 0.05) is 24.0 Å². The number of alkyl halides is 3. The number of hydrogen-bond acceptors (Lipinski definition) is 5. The van der Waals surface area contributed by atoms with Crippen LogP contribution in [0.4, 0.5) is 13.2 Å². The van der Waals surface area contributed by atoms with Gasteiger partial charge in [-0.1, -0.05) is 11.8 Å². The molecule has 0 unspecified atom stereocenters. The van der Waals surface area contributed by atoms with Gasteiger partial charge in [-0.05, 0) is 39.0 Å². The van der Waals surface area contributed by atoms with Gasteiger partial charge in [-0.3, -0.25) is 4.79 Å². The lowest BCUT2D eigenvalue weighted by Gasteiger charge is -2.11. The van der Waals surface area contributed by atoms with E-state index in [1.807, 2.05) is 24.5 Å². The molecule has 3 aromatic heterocycles. The van der Waals surface area contributed by atoms with E-state index in [1.54, 1.807) is 25.3 Å². The molecule has 6 nitrogen and oxygen atoms in total. The van der Waals surface area contributed by atoms with Crippen molar-refractivity contribution in [3.63, 3.8) is 0 Å². The fourth-order valence-corrected chi connectivity index (χ4v) is 3.83. The first kappa shape index (κ1) is 20.2. The van der Waals surface area contributed by atoms with Gasteiger partial charge in [0.25, 0.3) is 0 Å². The van der Waals surface area contributed by atoms with Crippen molar-refractivity contribution < 1.29 is 22.4 Å². The van der Waals surface area contributed by atoms with Crippen LogP contribution in [-0.4, -0.2) is 30.4 Å². The first-order valence-corrected chi connectivity index (χ1v) is 9.34. The topological polar surface area (TPSA) is 65.8 Å². The molecule has 0 aromatic carbocycles. The molecule has 150 valence electrons. The lowest BCUT2D eigenvalue weighted by Crippen LogP contribution is -2.17. The van der Waals surface area contributed by atoms with Crippen LogP contribution in [0.3, 0.4) is 0 Å². The molecule has 0 N–H and O–H groups in total. The van der Waals surface area contributed by atoms with E-state index >= 15 is 0 Å². The molecule has 0 aliphatic carbocycles. The SMILES string of the molecule is Cc1cc(C(=O)[C@@H](C)Sc2nnc(C(F)(F)F)n2C)c(C)n1Cc1ccco1. The summed E-state index contributed by atoms with van der Waals surface area (Å²) in [6, 6.07) is 5.44. The van der Waals surface area contributed by atoms with Crippen molar-refractivity contribution >= 4 is 17.5 Å². The average molecular weight is 412 g/mol. The number of aryl methyl sites for hydroxylation is 1. The molecule has 0 saturated heterocycles. The Kier molecular flexibility index (Phi) is 5.42. The van der Waals surface area contributed by atoms with Crippen LogP contribution in [0.5, 0.6) is 0 Å². The maximum Gasteiger partial charge on any atom is 0.451 e. The minimum atomic E-state index is -4.59. The number of thioether (sulfide) groups is 1. The molecule has 3 aromatic rings. The molecule has 3 rings (SSSR count). The zero-order chi connectivity index (χ0) is 20.6. The second-order valence-electron chi connectivity index (χ2n) is 6.44. The molecule has 10 heteroatoms. The van der Waals surface area contributed by atoms with Crippen molar-refractivity contribution in [2.45, 2.75) is 43.9 Å². The Morgan fingerprint density at radius 3 is 2.61 bits per heavy atom. The smallest absolute Gasteiger partial charge is 0.451 e. The van der Waals surface area contributed by atoms with Crippen molar-refractivity contribution in [3.8, 4) is 0 Å². The summed E-state index contributed by atoms with van der Waals surface area (Å²) >= 11 is 0.951. The van der Waals surface area contributed by atoms with E-state index in [2.05, 4.69) is 10.2 Å². The molecular weight excluding hydrogens is 393 g/mol. The summed E-state index contributed by atoms with van der Waals surface area (Å²) in [5, 5.41) is 6.19. The number of nitrogens with zero attached hydrogens (tertiary/aromatic N) is 4. The summed E-state index contributed by atoms with van der Waals surface area (Å²) in [4.78, 5) is 12.9. The summed E-state index contributed by atoms with van der Waals surface area (Å²) in [5.74, 6) is -0.506. The van der Waals surface area contributed by atoms with E-state index in [0.717, 1.165) is 33.5 Å². The quantitative estimate of drug-likeness (QED) is 0.447. The summed E-state index contributed by atoms with van der Waals surface area (Å²) in [6.07, 6.45) is -3.01. The zero-order valence-corrected chi connectivity index (χ0v) is 16.6. The molecule has 0 fully saturated rings. The van der Waals surface area contributed by atoms with Crippen molar-refractivity contribution in [1.82, 2.24) is 19.3 Å². The largest absolute Gasteiger partial charge is 0.467 e. The first-order valence-electron chi connectivity index (χ1n) is 8.46. The van der Waals surface area contributed by atoms with E-state index in [1.165, 1.54) is 7.05 Å². The third kappa shape index (κ3) is 3.87. The highest BCUT2D eigenvalue weighted by atomic mass is 32.2. The maximum absolute atomic E-state index is 12.9. The number of rotatable bonds is 6. The molecule has 0 amide bonds. The highest BCUT2D eigenvalue weighted by Gasteiger charge is 2.38. The summed E-state index contributed by atoms with van der Waals surface area (Å²) in [6.45, 7) is 5.87. The van der Waals surface area contributed by atoms with Gasteiger partial charge >= 0.3 is 6.18 Å². The maximum atomic E-state index is 12.9. The number of furan rings is 1. The zero-order valence-electron chi connectivity index (χ0n) is 15.7. The fourth-order valence-electron chi connectivity index (χ4n) is 2.95. The van der Waals surface area contributed by atoms with Gasteiger partial charge < -0.3 is 13.6 Å². The van der Waals surface area contributed by atoms with Crippen LogP contribution in [0.25, 0.3) is 0 Å². The van der Waals surface area contributed by atoms with Crippen molar-refractivity contribution in [2.24, 2.45) is 7.05 Å². The Balaban J connectivity index is 1.80. The molecule has 3 heterocycles. The summed E-state index contributed by atoms with van der Waals surface area (Å²) in [7, 11) is 1.23. The van der Waals surface area contributed by atoms with E-state index in [-0.39, 0.29) is 10.9 Å². The number of halogens is 3. The Morgan fingerprint density at radius 1 is 1.32 bits per heavy atom. The Morgan fingerprint density at radius 2 is 2.04 bits per heavy atom. The molecular formula is C18H19F3N4O2S. The number of hydrogen-bond donors (Lipinski definition) is 0. The molecule has 0 radical (unpaired) electrons. The van der Waals surface area contributed by atoms with Gasteiger partial charge in [-0.15, -0.1) is 10.2 Å². The number of carbonyl (C=O) groups excluding carboxylic acids is 1. The third-order valence-corrected chi connectivity index (χ3v) is 5.61. The molecule has 28 heavy (non-hydrogen) atoms. The van der Waals surface area contributed by atoms with Gasteiger partial charge in [0.15, 0.2) is 10.9 Å². The van der Waals surface area contributed by atoms with Crippen LogP contribution >= 0.6 is 11.8 Å². The molecule has 0 bridgehead atoms. The molecule has 0 saturated carbocycles. The van der Waals surface area contributed by atoms with Gasteiger partial charge in [0.2, 0.25) is 5.82 Å². The molecule has 1 atom stereocenters. The second kappa shape index (κ2) is 7.50. The van der Waals surface area contributed by atoms with Crippen LogP contribution in [0, 0.1) is 13.8 Å². The lowest BCUT2D eigenvalue weighted by molar-refractivity contribution is -0.147. The molecule has 0 aliphatic heterocycles. The van der Waals surface area contributed by atoms with Crippen molar-refractivity contribution in [1.29, 1.82) is 0 Å². The van der Waals surface area contributed by atoms with Crippen LogP contribution in [-0.2, 0) is 19.8 Å². The van der Waals surface area contributed by atoms with Crippen LogP contribution in [0.2, 0.25) is 0 Å². The number of aromatic nitrogens is 4. The van der Waals surface area contributed by atoms with Gasteiger partial charge in [0.1, 0.15) is 5.76 Å². The van der Waals surface area contributed by atoms with E-state index in [0.29, 0.717) is 12.1 Å². The number of ketones is 1. The van der Waals surface area contributed by atoms with E-state index in [9.17, 15) is 18.0 Å². The second-order valence-corrected chi connectivity index (χ2v) is 7.75. The Hall–Kier alpha value is -2.49. The van der Waals surface area contributed by atoms with E-state index < -0.39 is 17.3 Å². The predicted octanol–water partition coefficient (Wildman–Crippen LogP) is 4.26. The van der Waals surface area contributed by atoms with Crippen LogP contribution < -0.4 is 0 Å². The van der Waals surface area contributed by atoms with Crippen LogP contribution in [0.15, 0.2) is 34.0 Å².